The Balaban J connectivity index is 2.72. The fourth-order valence-corrected chi connectivity index (χ4v) is 0.814. The molecule has 0 aliphatic heterocycles. The summed E-state index contributed by atoms with van der Waals surface area (Å²) in [4.78, 5) is 0. The third kappa shape index (κ3) is 0.890. The highest BCUT2D eigenvalue weighted by atomic mass is 14.0. The highest BCUT2D eigenvalue weighted by molar-refractivity contribution is 5.35. The Labute approximate surface area is 50.2 Å². The smallest absolute Gasteiger partial charge is 0.00696 e. The zero-order chi connectivity index (χ0) is 5.98. The molecule has 0 aromatic carbocycles. The van der Waals surface area contributed by atoms with Crippen LogP contribution < -0.4 is 0 Å². The fraction of sp³-hybridized carbons (Fsp3) is 0.250. The molecule has 0 spiro atoms. The third-order valence-electron chi connectivity index (χ3n) is 1.28. The van der Waals surface area contributed by atoms with Crippen molar-refractivity contribution in [3.63, 3.8) is 0 Å². The van der Waals surface area contributed by atoms with Gasteiger partial charge in [0, 0.05) is 0 Å². The average Bonchev–Trinajstić information content (AvgIpc) is 2.14. The molecule has 8 heavy (non-hydrogen) atoms. The molecule has 0 fully saturated rings. The second kappa shape index (κ2) is 1.99. The molecule has 0 heterocycles. The average molecular weight is 106 g/mol. The first kappa shape index (κ1) is 5.36. The van der Waals surface area contributed by atoms with Crippen LogP contribution in [0.15, 0.2) is 36.5 Å². The summed E-state index contributed by atoms with van der Waals surface area (Å²) in [5, 5.41) is 0. The van der Waals surface area contributed by atoms with Crippen LogP contribution >= 0.6 is 0 Å². The molecular formula is C8H10. The Morgan fingerprint density at radius 1 is 1.75 bits per heavy atom. The summed E-state index contributed by atoms with van der Waals surface area (Å²) in [6.45, 7) is 5.82. The van der Waals surface area contributed by atoms with Gasteiger partial charge in [-0.3, -0.25) is 0 Å². The van der Waals surface area contributed by atoms with E-state index in [0.717, 1.165) is 0 Å². The number of hydrogen-bond acceptors (Lipinski definition) is 0. The highest BCUT2D eigenvalue weighted by Gasteiger charge is 1.98. The van der Waals surface area contributed by atoms with E-state index in [1.54, 1.807) is 0 Å². The van der Waals surface area contributed by atoms with E-state index in [9.17, 15) is 0 Å². The van der Waals surface area contributed by atoms with Crippen LogP contribution in [0.1, 0.15) is 6.92 Å². The Morgan fingerprint density at radius 3 is 2.75 bits per heavy atom. The minimum atomic E-state index is 0.614. The van der Waals surface area contributed by atoms with Gasteiger partial charge in [0.25, 0.3) is 0 Å². The Morgan fingerprint density at radius 2 is 2.50 bits per heavy atom. The molecule has 1 aliphatic rings. The molecule has 0 saturated heterocycles. The minimum Gasteiger partial charge on any atom is -0.0985 e. The molecular weight excluding hydrogens is 96.1 g/mol. The SMILES string of the molecule is C=CC1=CC(C)C=C1. The molecule has 42 valence electrons. The molecule has 0 heteroatoms. The lowest BCUT2D eigenvalue weighted by molar-refractivity contribution is 0.956. The van der Waals surface area contributed by atoms with E-state index in [1.165, 1.54) is 5.57 Å². The molecule has 1 rings (SSSR count). The molecule has 0 amide bonds. The lowest BCUT2D eigenvalue weighted by Gasteiger charge is -1.86. The van der Waals surface area contributed by atoms with Crippen molar-refractivity contribution in [2.75, 3.05) is 0 Å². The lowest BCUT2D eigenvalue weighted by atomic mass is 10.2. The Kier molecular flexibility index (Phi) is 1.34. The largest absolute Gasteiger partial charge is 0.0985 e. The van der Waals surface area contributed by atoms with Gasteiger partial charge in [-0.25, -0.2) is 0 Å². The molecule has 0 saturated carbocycles. The van der Waals surface area contributed by atoms with Gasteiger partial charge in [-0.2, -0.15) is 0 Å². The van der Waals surface area contributed by atoms with E-state index in [-0.39, 0.29) is 0 Å². The lowest BCUT2D eigenvalue weighted by Crippen LogP contribution is -1.73. The van der Waals surface area contributed by atoms with E-state index in [1.807, 2.05) is 6.08 Å². The van der Waals surface area contributed by atoms with Gasteiger partial charge in [-0.15, -0.1) is 0 Å². The Hall–Kier alpha value is -0.780. The van der Waals surface area contributed by atoms with Gasteiger partial charge in [0.15, 0.2) is 0 Å². The second-order valence-electron chi connectivity index (χ2n) is 2.09. The summed E-state index contributed by atoms with van der Waals surface area (Å²) in [5.74, 6) is 0.614. The van der Waals surface area contributed by atoms with Crippen molar-refractivity contribution in [3.05, 3.63) is 36.5 Å². The van der Waals surface area contributed by atoms with Crippen molar-refractivity contribution in [2.24, 2.45) is 5.92 Å². The summed E-state index contributed by atoms with van der Waals surface area (Å²) in [7, 11) is 0. The summed E-state index contributed by atoms with van der Waals surface area (Å²) >= 11 is 0. The second-order valence-corrected chi connectivity index (χ2v) is 2.09. The van der Waals surface area contributed by atoms with Gasteiger partial charge >= 0.3 is 0 Å². The molecule has 0 radical (unpaired) electrons. The van der Waals surface area contributed by atoms with E-state index in [0.29, 0.717) is 5.92 Å². The Bertz CT molecular complexity index is 149. The molecule has 0 N–H and O–H groups in total. The van der Waals surface area contributed by atoms with E-state index >= 15 is 0 Å². The predicted molar refractivity (Wildman–Crippen MR) is 36.6 cm³/mol. The van der Waals surface area contributed by atoms with Crippen LogP contribution in [0.3, 0.4) is 0 Å². The summed E-state index contributed by atoms with van der Waals surface area (Å²) in [6.07, 6.45) is 8.32. The molecule has 0 aromatic rings. The summed E-state index contributed by atoms with van der Waals surface area (Å²) in [6, 6.07) is 0. The standard InChI is InChI=1S/C8H10/c1-3-8-5-4-7(2)6-8/h3-7H,1H2,2H3. The topological polar surface area (TPSA) is 0 Å². The van der Waals surface area contributed by atoms with Crippen LogP contribution in [0.5, 0.6) is 0 Å². The molecule has 0 nitrogen and oxygen atoms in total. The monoisotopic (exact) mass is 106 g/mol. The predicted octanol–water partition coefficient (Wildman–Crippen LogP) is 2.30. The zero-order valence-electron chi connectivity index (χ0n) is 5.09. The van der Waals surface area contributed by atoms with Crippen LogP contribution in [0, 0.1) is 5.92 Å². The fourth-order valence-electron chi connectivity index (χ4n) is 0.814. The van der Waals surface area contributed by atoms with E-state index in [4.69, 9.17) is 0 Å². The first-order chi connectivity index (χ1) is 3.83. The maximum Gasteiger partial charge on any atom is -0.00696 e. The van der Waals surface area contributed by atoms with Crippen molar-refractivity contribution >= 4 is 0 Å². The molecule has 0 bridgehead atoms. The van der Waals surface area contributed by atoms with Crippen molar-refractivity contribution in [2.45, 2.75) is 6.92 Å². The number of rotatable bonds is 1. The van der Waals surface area contributed by atoms with Crippen molar-refractivity contribution in [1.29, 1.82) is 0 Å². The summed E-state index contributed by atoms with van der Waals surface area (Å²) in [5.41, 5.74) is 1.25. The van der Waals surface area contributed by atoms with Crippen LogP contribution in [-0.2, 0) is 0 Å². The van der Waals surface area contributed by atoms with E-state index in [2.05, 4.69) is 31.7 Å². The minimum absolute atomic E-state index is 0.614. The maximum atomic E-state index is 3.66. The van der Waals surface area contributed by atoms with Gasteiger partial charge in [-0.1, -0.05) is 37.8 Å². The summed E-state index contributed by atoms with van der Waals surface area (Å²) < 4.78 is 0. The third-order valence-corrected chi connectivity index (χ3v) is 1.28. The maximum absolute atomic E-state index is 3.66. The van der Waals surface area contributed by atoms with Crippen molar-refractivity contribution < 1.29 is 0 Å². The molecule has 1 unspecified atom stereocenters. The van der Waals surface area contributed by atoms with Crippen LogP contribution in [0.2, 0.25) is 0 Å². The van der Waals surface area contributed by atoms with Crippen LogP contribution in [-0.4, -0.2) is 0 Å². The normalized spacial score (nSPS) is 25.6. The number of hydrogen-bond donors (Lipinski definition) is 0. The highest BCUT2D eigenvalue weighted by Crippen LogP contribution is 2.14. The first-order valence-electron chi connectivity index (χ1n) is 2.85. The van der Waals surface area contributed by atoms with Crippen LogP contribution in [0.4, 0.5) is 0 Å². The zero-order valence-corrected chi connectivity index (χ0v) is 5.09. The van der Waals surface area contributed by atoms with Crippen molar-refractivity contribution in [3.8, 4) is 0 Å². The van der Waals surface area contributed by atoms with Gasteiger partial charge in [-0.05, 0) is 11.5 Å². The molecule has 1 aliphatic carbocycles. The van der Waals surface area contributed by atoms with Crippen molar-refractivity contribution in [1.82, 2.24) is 0 Å². The van der Waals surface area contributed by atoms with Gasteiger partial charge in [0.05, 0.1) is 0 Å². The van der Waals surface area contributed by atoms with Gasteiger partial charge in [0.1, 0.15) is 0 Å². The quantitative estimate of drug-likeness (QED) is 0.481. The molecule has 1 atom stereocenters. The van der Waals surface area contributed by atoms with E-state index < -0.39 is 0 Å². The number of allylic oxidation sites excluding steroid dienone is 5. The first-order valence-corrected chi connectivity index (χ1v) is 2.85. The van der Waals surface area contributed by atoms with Gasteiger partial charge < -0.3 is 0 Å². The van der Waals surface area contributed by atoms with Gasteiger partial charge in [0.2, 0.25) is 0 Å². The molecule has 0 aromatic heterocycles. The van der Waals surface area contributed by atoms with Crippen LogP contribution in [0.25, 0.3) is 0 Å².